The maximum Gasteiger partial charge on any atom is 0.232 e. The van der Waals surface area contributed by atoms with Gasteiger partial charge in [0.25, 0.3) is 0 Å². The van der Waals surface area contributed by atoms with Crippen LogP contribution in [0.4, 0.5) is 5.82 Å². The molecule has 0 saturated carbocycles. The number of amides is 1. The molecular weight excluding hydrogens is 405 g/mol. The van der Waals surface area contributed by atoms with Crippen molar-refractivity contribution in [2.75, 3.05) is 30.4 Å². The number of hydrogen-bond acceptors (Lipinski definition) is 5. The number of nitrogens with one attached hydrogen (secondary N) is 1. The monoisotopic (exact) mass is 425 g/mol. The van der Waals surface area contributed by atoms with Gasteiger partial charge in [-0.05, 0) is 30.6 Å². The average Bonchev–Trinajstić information content (AvgIpc) is 3.10. The Morgan fingerprint density at radius 3 is 2.83 bits per heavy atom. The minimum Gasteiger partial charge on any atom is -0.367 e. The second-order valence-electron chi connectivity index (χ2n) is 7.07. The molecule has 0 aliphatic carbocycles. The Labute approximate surface area is 180 Å². The van der Waals surface area contributed by atoms with Crippen molar-refractivity contribution in [3.63, 3.8) is 0 Å². The molecule has 148 valence electrons. The highest BCUT2D eigenvalue weighted by Gasteiger charge is 2.23. The molecule has 0 unspecified atom stereocenters. The Balaban J connectivity index is 1.59. The molecule has 2 aromatic heterocycles. The van der Waals surface area contributed by atoms with Crippen molar-refractivity contribution in [3.05, 3.63) is 41.6 Å². The van der Waals surface area contributed by atoms with Crippen LogP contribution < -0.4 is 10.8 Å². The van der Waals surface area contributed by atoms with Gasteiger partial charge in [0.15, 0.2) is 5.65 Å². The SMILES string of the molecule is [B]c1cnn2c(NC3CCN(C(=O)CSC)CC3)cc(-c3ccccc3Cl)nc12. The molecule has 1 N–H and O–H groups in total. The summed E-state index contributed by atoms with van der Waals surface area (Å²) in [5.74, 6) is 1.57. The van der Waals surface area contributed by atoms with Crippen LogP contribution >= 0.6 is 23.4 Å². The fourth-order valence-corrected chi connectivity index (χ4v) is 4.25. The number of carbonyl (C=O) groups is 1. The Kier molecular flexibility index (Phi) is 6.01. The molecule has 0 bridgehead atoms. The van der Waals surface area contributed by atoms with E-state index < -0.39 is 0 Å². The third-order valence-corrected chi connectivity index (χ3v) is 5.98. The fraction of sp³-hybridized carbons (Fsp3) is 0.350. The van der Waals surface area contributed by atoms with Crippen molar-refractivity contribution in [2.45, 2.75) is 18.9 Å². The molecule has 29 heavy (non-hydrogen) atoms. The molecule has 1 aliphatic heterocycles. The first-order chi connectivity index (χ1) is 14.1. The Hall–Kier alpha value is -2.19. The highest BCUT2D eigenvalue weighted by molar-refractivity contribution is 7.99. The number of fused-ring (bicyclic) bond motifs is 1. The zero-order chi connectivity index (χ0) is 20.4. The van der Waals surface area contributed by atoms with E-state index in [1.165, 1.54) is 0 Å². The van der Waals surface area contributed by atoms with E-state index in [9.17, 15) is 4.79 Å². The average molecular weight is 426 g/mol. The number of aromatic nitrogens is 3. The molecule has 2 radical (unpaired) electrons. The van der Waals surface area contributed by atoms with Crippen molar-refractivity contribution in [1.29, 1.82) is 0 Å². The number of benzene rings is 1. The van der Waals surface area contributed by atoms with Gasteiger partial charge in [0.05, 0.1) is 11.4 Å². The van der Waals surface area contributed by atoms with E-state index in [1.54, 1.807) is 22.5 Å². The molecule has 1 aliphatic rings. The van der Waals surface area contributed by atoms with Crippen LogP contribution in [-0.4, -0.2) is 64.4 Å². The molecule has 4 rings (SSSR count). The number of likely N-dealkylation sites (tertiary alicyclic amines) is 1. The summed E-state index contributed by atoms with van der Waals surface area (Å²) >= 11 is 7.95. The van der Waals surface area contributed by atoms with E-state index in [2.05, 4.69) is 15.4 Å². The zero-order valence-electron chi connectivity index (χ0n) is 16.1. The van der Waals surface area contributed by atoms with E-state index >= 15 is 0 Å². The number of piperidine rings is 1. The molecule has 1 amide bonds. The standard InChI is InChI=1S/C20H21BClN5OS/c1-29-12-19(28)26-8-6-13(7-9-26)24-18-10-17(14-4-2-3-5-16(14)22)25-20-15(21)11-23-27(18)20/h2-5,10-11,13,24H,6-9,12H2,1H3. The van der Waals surface area contributed by atoms with Crippen molar-refractivity contribution >= 4 is 54.0 Å². The fourth-order valence-electron chi connectivity index (χ4n) is 3.59. The number of carbonyl (C=O) groups excluding carboxylic acids is 1. The lowest BCUT2D eigenvalue weighted by Gasteiger charge is -2.33. The number of halogens is 1. The van der Waals surface area contributed by atoms with E-state index in [1.807, 2.05) is 41.5 Å². The number of thioether (sulfide) groups is 1. The predicted octanol–water partition coefficient (Wildman–Crippen LogP) is 2.61. The van der Waals surface area contributed by atoms with Crippen molar-refractivity contribution in [3.8, 4) is 11.3 Å². The van der Waals surface area contributed by atoms with Crippen molar-refractivity contribution in [1.82, 2.24) is 19.5 Å². The van der Waals surface area contributed by atoms with Gasteiger partial charge in [-0.15, -0.1) is 0 Å². The van der Waals surface area contributed by atoms with Crippen LogP contribution in [0.5, 0.6) is 0 Å². The van der Waals surface area contributed by atoms with Gasteiger partial charge in [-0.25, -0.2) is 4.98 Å². The summed E-state index contributed by atoms with van der Waals surface area (Å²) in [5.41, 5.74) is 2.69. The first-order valence-corrected chi connectivity index (χ1v) is 11.3. The summed E-state index contributed by atoms with van der Waals surface area (Å²) in [6.07, 6.45) is 5.31. The quantitative estimate of drug-likeness (QED) is 0.637. The summed E-state index contributed by atoms with van der Waals surface area (Å²) < 4.78 is 1.72. The Morgan fingerprint density at radius 1 is 1.34 bits per heavy atom. The second kappa shape index (κ2) is 8.67. The number of nitrogens with zero attached hydrogens (tertiary/aromatic N) is 4. The molecule has 1 saturated heterocycles. The summed E-state index contributed by atoms with van der Waals surface area (Å²) in [4.78, 5) is 18.7. The zero-order valence-corrected chi connectivity index (χ0v) is 17.7. The van der Waals surface area contributed by atoms with Crippen LogP contribution in [0, 0.1) is 0 Å². The smallest absolute Gasteiger partial charge is 0.232 e. The second-order valence-corrected chi connectivity index (χ2v) is 8.35. The van der Waals surface area contributed by atoms with Crippen molar-refractivity contribution in [2.24, 2.45) is 0 Å². The maximum absolute atomic E-state index is 12.1. The van der Waals surface area contributed by atoms with Crippen LogP contribution in [0.1, 0.15) is 12.8 Å². The largest absolute Gasteiger partial charge is 0.367 e. The molecule has 3 aromatic rings. The molecule has 1 aromatic carbocycles. The molecular formula is C20H21BClN5OS. The van der Waals surface area contributed by atoms with Crippen LogP contribution in [-0.2, 0) is 4.79 Å². The minimum atomic E-state index is 0.211. The molecule has 6 nitrogen and oxygen atoms in total. The molecule has 0 atom stereocenters. The van der Waals surface area contributed by atoms with E-state index in [4.69, 9.17) is 19.4 Å². The van der Waals surface area contributed by atoms with E-state index in [-0.39, 0.29) is 11.9 Å². The summed E-state index contributed by atoms with van der Waals surface area (Å²) in [5, 5.41) is 8.59. The van der Waals surface area contributed by atoms with Crippen LogP contribution in [0.3, 0.4) is 0 Å². The van der Waals surface area contributed by atoms with Gasteiger partial charge < -0.3 is 10.2 Å². The molecule has 3 heterocycles. The number of hydrogen-bond donors (Lipinski definition) is 1. The number of anilines is 1. The Bertz CT molecular complexity index is 1030. The maximum atomic E-state index is 12.1. The van der Waals surface area contributed by atoms with Crippen LogP contribution in [0.15, 0.2) is 36.5 Å². The van der Waals surface area contributed by atoms with Crippen molar-refractivity contribution < 1.29 is 4.79 Å². The minimum absolute atomic E-state index is 0.211. The van der Waals surface area contributed by atoms with Crippen LogP contribution in [0.2, 0.25) is 5.02 Å². The third-order valence-electron chi connectivity index (χ3n) is 5.12. The molecule has 1 fully saturated rings. The van der Waals surface area contributed by atoms with Crippen LogP contribution in [0.25, 0.3) is 16.9 Å². The summed E-state index contributed by atoms with van der Waals surface area (Å²) in [7, 11) is 6.09. The normalized spacial score (nSPS) is 15.0. The lowest BCUT2D eigenvalue weighted by atomic mass is 10.0. The topological polar surface area (TPSA) is 62.5 Å². The van der Waals surface area contributed by atoms with Gasteiger partial charge in [-0.1, -0.05) is 29.8 Å². The van der Waals surface area contributed by atoms with Gasteiger partial charge in [-0.2, -0.15) is 21.4 Å². The molecule has 9 heteroatoms. The summed E-state index contributed by atoms with van der Waals surface area (Å²) in [6.45, 7) is 1.51. The lowest BCUT2D eigenvalue weighted by molar-refractivity contribution is -0.129. The predicted molar refractivity (Wildman–Crippen MR) is 120 cm³/mol. The van der Waals surface area contributed by atoms with E-state index in [0.29, 0.717) is 21.9 Å². The van der Waals surface area contributed by atoms with Gasteiger partial charge in [0.1, 0.15) is 13.7 Å². The van der Waals surface area contributed by atoms with Gasteiger partial charge in [0.2, 0.25) is 5.91 Å². The van der Waals surface area contributed by atoms with Gasteiger partial charge in [-0.3, -0.25) is 4.79 Å². The van der Waals surface area contributed by atoms with Gasteiger partial charge >= 0.3 is 0 Å². The highest BCUT2D eigenvalue weighted by Crippen LogP contribution is 2.29. The number of rotatable bonds is 5. The third kappa shape index (κ3) is 4.23. The highest BCUT2D eigenvalue weighted by atomic mass is 35.5. The lowest BCUT2D eigenvalue weighted by Crippen LogP contribution is -2.43. The first kappa shape index (κ1) is 20.1. The first-order valence-electron chi connectivity index (χ1n) is 9.49. The molecule has 0 spiro atoms. The van der Waals surface area contributed by atoms with Gasteiger partial charge in [0, 0.05) is 42.0 Å². The Morgan fingerprint density at radius 2 is 2.10 bits per heavy atom. The van der Waals surface area contributed by atoms with E-state index in [0.717, 1.165) is 43.0 Å². The summed E-state index contributed by atoms with van der Waals surface area (Å²) in [6, 6.07) is 9.80.